The Morgan fingerprint density at radius 1 is 0.967 bits per heavy atom. The predicted octanol–water partition coefficient (Wildman–Crippen LogP) is 4.89. The van der Waals surface area contributed by atoms with Crippen LogP contribution in [0.25, 0.3) is 0 Å². The van der Waals surface area contributed by atoms with Crippen molar-refractivity contribution in [2.75, 3.05) is 0 Å². The first kappa shape index (κ1) is 21.5. The number of nitrogens with one attached hydrogen (secondary N) is 1. The van der Waals surface area contributed by atoms with E-state index in [-0.39, 0.29) is 30.7 Å². The first-order chi connectivity index (χ1) is 14.5. The summed E-state index contributed by atoms with van der Waals surface area (Å²) in [6.07, 6.45) is 0. The van der Waals surface area contributed by atoms with E-state index in [1.165, 1.54) is 24.0 Å². The fourth-order valence-corrected chi connectivity index (χ4v) is 3.40. The molecular formula is C24H22ClFN2O2. The first-order valence-corrected chi connectivity index (χ1v) is 9.91. The number of hydrogen-bond acceptors (Lipinski definition) is 2. The highest BCUT2D eigenvalue weighted by Crippen LogP contribution is 2.24. The van der Waals surface area contributed by atoms with Gasteiger partial charge in [-0.05, 0) is 34.9 Å². The average Bonchev–Trinajstić information content (AvgIpc) is 2.75. The van der Waals surface area contributed by atoms with Crippen molar-refractivity contribution < 1.29 is 14.0 Å². The Labute approximate surface area is 180 Å². The van der Waals surface area contributed by atoms with Crippen LogP contribution in [0.5, 0.6) is 0 Å². The molecule has 1 N–H and O–H groups in total. The van der Waals surface area contributed by atoms with Crippen LogP contribution in [-0.2, 0) is 22.7 Å². The molecule has 154 valence electrons. The van der Waals surface area contributed by atoms with Gasteiger partial charge in [0.15, 0.2) is 0 Å². The minimum atomic E-state index is -0.837. The molecule has 0 unspecified atom stereocenters. The number of hydrogen-bond donors (Lipinski definition) is 1. The molecule has 1 atom stereocenters. The zero-order valence-electron chi connectivity index (χ0n) is 16.5. The van der Waals surface area contributed by atoms with Crippen LogP contribution in [0.3, 0.4) is 0 Å². The molecule has 2 amide bonds. The second kappa shape index (κ2) is 10.0. The van der Waals surface area contributed by atoms with Crippen molar-refractivity contribution >= 4 is 23.4 Å². The van der Waals surface area contributed by atoms with Gasteiger partial charge in [-0.1, -0.05) is 72.3 Å². The lowest BCUT2D eigenvalue weighted by Gasteiger charge is -2.30. The number of carbonyl (C=O) groups excluding carboxylic acids is 2. The molecule has 0 aromatic heterocycles. The molecule has 0 spiro atoms. The second-order valence-electron chi connectivity index (χ2n) is 6.90. The summed E-state index contributed by atoms with van der Waals surface area (Å²) in [5, 5.41) is 3.45. The van der Waals surface area contributed by atoms with Gasteiger partial charge < -0.3 is 10.2 Å². The zero-order chi connectivity index (χ0) is 21.5. The topological polar surface area (TPSA) is 49.4 Å². The van der Waals surface area contributed by atoms with E-state index in [4.69, 9.17) is 11.6 Å². The number of benzene rings is 3. The molecular weight excluding hydrogens is 403 g/mol. The summed E-state index contributed by atoms with van der Waals surface area (Å²) < 4.78 is 13.3. The van der Waals surface area contributed by atoms with E-state index in [1.807, 2.05) is 36.4 Å². The lowest BCUT2D eigenvalue weighted by atomic mass is 10.0. The van der Waals surface area contributed by atoms with E-state index in [0.717, 1.165) is 11.1 Å². The molecule has 0 fully saturated rings. The predicted molar refractivity (Wildman–Crippen MR) is 115 cm³/mol. The number of nitrogens with zero attached hydrogens (tertiary/aromatic N) is 1. The maximum Gasteiger partial charge on any atom is 0.247 e. The molecule has 3 aromatic rings. The summed E-state index contributed by atoms with van der Waals surface area (Å²) in [4.78, 5) is 27.2. The zero-order valence-corrected chi connectivity index (χ0v) is 17.3. The van der Waals surface area contributed by atoms with Crippen molar-refractivity contribution in [1.29, 1.82) is 0 Å². The fourth-order valence-electron chi connectivity index (χ4n) is 3.20. The quantitative estimate of drug-likeness (QED) is 0.587. The summed E-state index contributed by atoms with van der Waals surface area (Å²) in [5.74, 6) is -0.940. The molecule has 0 aliphatic heterocycles. The van der Waals surface area contributed by atoms with Crippen LogP contribution in [0.15, 0.2) is 78.9 Å². The molecule has 0 radical (unpaired) electrons. The third kappa shape index (κ3) is 5.45. The van der Waals surface area contributed by atoms with Crippen LogP contribution in [0, 0.1) is 5.82 Å². The van der Waals surface area contributed by atoms with Crippen LogP contribution in [0.2, 0.25) is 5.02 Å². The van der Waals surface area contributed by atoms with Gasteiger partial charge in [0.25, 0.3) is 0 Å². The van der Waals surface area contributed by atoms with E-state index < -0.39 is 6.04 Å². The summed E-state index contributed by atoms with van der Waals surface area (Å²) >= 11 is 6.19. The molecule has 0 bridgehead atoms. The Morgan fingerprint density at radius 2 is 1.60 bits per heavy atom. The van der Waals surface area contributed by atoms with Gasteiger partial charge in [-0.25, -0.2) is 4.39 Å². The maximum absolute atomic E-state index is 13.3. The van der Waals surface area contributed by atoms with Gasteiger partial charge in [-0.3, -0.25) is 9.59 Å². The van der Waals surface area contributed by atoms with Gasteiger partial charge in [0.05, 0.1) is 0 Å². The molecule has 30 heavy (non-hydrogen) atoms. The van der Waals surface area contributed by atoms with Crippen molar-refractivity contribution in [3.05, 3.63) is 106 Å². The van der Waals surface area contributed by atoms with E-state index in [0.29, 0.717) is 10.6 Å². The molecule has 0 saturated carbocycles. The van der Waals surface area contributed by atoms with Crippen LogP contribution >= 0.6 is 11.6 Å². The number of carbonyl (C=O) groups is 2. The fraction of sp³-hybridized carbons (Fsp3) is 0.167. The number of amides is 2. The molecule has 0 heterocycles. The van der Waals surface area contributed by atoms with Crippen molar-refractivity contribution in [3.63, 3.8) is 0 Å². The van der Waals surface area contributed by atoms with Crippen molar-refractivity contribution in [3.8, 4) is 0 Å². The lowest BCUT2D eigenvalue weighted by Crippen LogP contribution is -2.42. The second-order valence-corrected chi connectivity index (χ2v) is 7.30. The molecule has 6 heteroatoms. The van der Waals surface area contributed by atoms with Gasteiger partial charge in [-0.15, -0.1) is 0 Å². The molecule has 3 rings (SSSR count). The van der Waals surface area contributed by atoms with Crippen LogP contribution in [0.1, 0.15) is 29.7 Å². The standard InChI is InChI=1S/C24H22ClFN2O2/c1-17(29)28(16-18-11-13-21(26)14-12-18)23(19-7-3-2-4-8-19)24(30)27-15-20-9-5-6-10-22(20)25/h2-14,23H,15-16H2,1H3,(H,27,30)/t23-/m1/s1. The highest BCUT2D eigenvalue weighted by Gasteiger charge is 2.29. The number of halogens is 2. The Balaban J connectivity index is 1.88. The van der Waals surface area contributed by atoms with Gasteiger partial charge in [0, 0.05) is 25.0 Å². The molecule has 3 aromatic carbocycles. The van der Waals surface area contributed by atoms with Crippen molar-refractivity contribution in [2.24, 2.45) is 0 Å². The minimum absolute atomic E-state index is 0.175. The normalized spacial score (nSPS) is 11.6. The Morgan fingerprint density at radius 3 is 2.23 bits per heavy atom. The third-order valence-corrected chi connectivity index (χ3v) is 5.13. The first-order valence-electron chi connectivity index (χ1n) is 9.53. The molecule has 0 aliphatic rings. The van der Waals surface area contributed by atoms with Gasteiger partial charge in [0.2, 0.25) is 11.8 Å². The monoisotopic (exact) mass is 424 g/mol. The van der Waals surface area contributed by atoms with Crippen LogP contribution in [0.4, 0.5) is 4.39 Å². The minimum Gasteiger partial charge on any atom is -0.350 e. The molecule has 4 nitrogen and oxygen atoms in total. The number of rotatable bonds is 7. The van der Waals surface area contributed by atoms with Crippen molar-refractivity contribution in [2.45, 2.75) is 26.1 Å². The Bertz CT molecular complexity index is 1010. The van der Waals surface area contributed by atoms with Crippen molar-refractivity contribution in [1.82, 2.24) is 10.2 Å². The smallest absolute Gasteiger partial charge is 0.247 e. The summed E-state index contributed by atoms with van der Waals surface area (Å²) in [5.41, 5.74) is 2.20. The van der Waals surface area contributed by atoms with E-state index in [9.17, 15) is 14.0 Å². The maximum atomic E-state index is 13.3. The highest BCUT2D eigenvalue weighted by molar-refractivity contribution is 6.31. The van der Waals surface area contributed by atoms with Crippen LogP contribution < -0.4 is 5.32 Å². The summed E-state index contributed by atoms with van der Waals surface area (Å²) in [7, 11) is 0. The van der Waals surface area contributed by atoms with E-state index in [2.05, 4.69) is 5.32 Å². The van der Waals surface area contributed by atoms with Crippen LogP contribution in [-0.4, -0.2) is 16.7 Å². The van der Waals surface area contributed by atoms with Gasteiger partial charge >= 0.3 is 0 Å². The van der Waals surface area contributed by atoms with Gasteiger partial charge in [-0.2, -0.15) is 0 Å². The SMILES string of the molecule is CC(=O)N(Cc1ccc(F)cc1)[C@@H](C(=O)NCc1ccccc1Cl)c1ccccc1. The summed E-state index contributed by atoms with van der Waals surface area (Å²) in [6.45, 7) is 1.83. The molecule has 0 aliphatic carbocycles. The summed E-state index contributed by atoms with van der Waals surface area (Å²) in [6, 6.07) is 21.4. The third-order valence-electron chi connectivity index (χ3n) is 4.76. The largest absolute Gasteiger partial charge is 0.350 e. The highest BCUT2D eigenvalue weighted by atomic mass is 35.5. The van der Waals surface area contributed by atoms with E-state index in [1.54, 1.807) is 30.3 Å². The lowest BCUT2D eigenvalue weighted by molar-refractivity contribution is -0.140. The average molecular weight is 425 g/mol. The van der Waals surface area contributed by atoms with Gasteiger partial charge in [0.1, 0.15) is 11.9 Å². The molecule has 0 saturated heterocycles. The Hall–Kier alpha value is -3.18. The van der Waals surface area contributed by atoms with E-state index >= 15 is 0 Å². The Kier molecular flexibility index (Phi) is 7.20.